The Morgan fingerprint density at radius 3 is 2.76 bits per heavy atom. The van der Waals surface area contributed by atoms with E-state index in [4.69, 9.17) is 4.42 Å². The van der Waals surface area contributed by atoms with E-state index in [0.717, 1.165) is 0 Å². The van der Waals surface area contributed by atoms with Gasteiger partial charge in [-0.05, 0) is 13.8 Å². The van der Waals surface area contributed by atoms with Crippen molar-refractivity contribution in [3.8, 4) is 5.75 Å². The third-order valence-corrected chi connectivity index (χ3v) is 2.00. The summed E-state index contributed by atoms with van der Waals surface area (Å²) in [5.74, 6) is -0.699. The normalized spacial score (nSPS) is 11.4. The van der Waals surface area contributed by atoms with Crippen LogP contribution < -0.4 is 5.63 Å². The van der Waals surface area contributed by atoms with Gasteiger partial charge in [0, 0.05) is 6.07 Å². The quantitative estimate of drug-likeness (QED) is 0.485. The molecule has 0 spiro atoms. The van der Waals surface area contributed by atoms with E-state index in [-0.39, 0.29) is 23.5 Å². The molecule has 1 aromatic heterocycles. The highest BCUT2D eigenvalue weighted by molar-refractivity contribution is 6.09. The van der Waals surface area contributed by atoms with Crippen LogP contribution in [0.3, 0.4) is 0 Å². The number of aryl methyl sites for hydroxylation is 1. The molecule has 0 aromatic carbocycles. The van der Waals surface area contributed by atoms with Crippen LogP contribution >= 0.6 is 0 Å². The third-order valence-electron chi connectivity index (χ3n) is 2.00. The first-order valence-corrected chi connectivity index (χ1v) is 4.89. The zero-order valence-corrected chi connectivity index (χ0v) is 9.81. The molecular formula is C11H13NO5. The molecule has 1 aromatic rings. The number of ketones is 1. The van der Waals surface area contributed by atoms with Crippen LogP contribution in [0.1, 0.15) is 29.5 Å². The Morgan fingerprint density at radius 2 is 2.24 bits per heavy atom. The molecule has 0 aliphatic heterocycles. The van der Waals surface area contributed by atoms with Gasteiger partial charge < -0.3 is 14.4 Å². The molecule has 92 valence electrons. The minimum Gasteiger partial charge on any atom is -0.507 e. The maximum absolute atomic E-state index is 11.7. The Hall–Kier alpha value is -2.11. The Bertz CT molecular complexity index is 515. The van der Waals surface area contributed by atoms with E-state index >= 15 is 0 Å². The summed E-state index contributed by atoms with van der Waals surface area (Å²) >= 11 is 0. The van der Waals surface area contributed by atoms with Crippen molar-refractivity contribution in [3.63, 3.8) is 0 Å². The first-order valence-electron chi connectivity index (χ1n) is 4.89. The number of hydrogen-bond donors (Lipinski definition) is 1. The van der Waals surface area contributed by atoms with Gasteiger partial charge >= 0.3 is 5.63 Å². The molecule has 0 aliphatic carbocycles. The smallest absolute Gasteiger partial charge is 0.350 e. The van der Waals surface area contributed by atoms with E-state index < -0.39 is 11.4 Å². The van der Waals surface area contributed by atoms with E-state index in [9.17, 15) is 14.7 Å². The number of carbonyl (C=O) groups excluding carboxylic acids is 1. The molecule has 0 aliphatic rings. The van der Waals surface area contributed by atoms with Crippen molar-refractivity contribution in [1.82, 2.24) is 0 Å². The fourth-order valence-electron chi connectivity index (χ4n) is 1.36. The molecule has 1 N–H and O–H groups in total. The molecule has 0 unspecified atom stereocenters. The van der Waals surface area contributed by atoms with E-state index in [1.165, 1.54) is 20.1 Å². The highest BCUT2D eigenvalue weighted by atomic mass is 16.6. The number of Topliss-reactive ketones (excluding diaryl/α,β-unsaturated/α-hetero) is 1. The number of oxime groups is 1. The van der Waals surface area contributed by atoms with Crippen molar-refractivity contribution < 1.29 is 19.2 Å². The number of rotatable bonds is 4. The second kappa shape index (κ2) is 5.29. The Kier molecular flexibility index (Phi) is 4.03. The lowest BCUT2D eigenvalue weighted by atomic mass is 10.1. The second-order valence-electron chi connectivity index (χ2n) is 3.51. The molecule has 6 nitrogen and oxygen atoms in total. The highest BCUT2D eigenvalue weighted by Crippen LogP contribution is 2.16. The van der Waals surface area contributed by atoms with Crippen LogP contribution in [0.4, 0.5) is 0 Å². The van der Waals surface area contributed by atoms with Crippen molar-refractivity contribution in [2.45, 2.75) is 20.3 Å². The molecule has 0 amide bonds. The van der Waals surface area contributed by atoms with Gasteiger partial charge in [0.15, 0.2) is 5.78 Å². The fourth-order valence-corrected chi connectivity index (χ4v) is 1.36. The van der Waals surface area contributed by atoms with Crippen molar-refractivity contribution in [3.05, 3.63) is 27.8 Å². The van der Waals surface area contributed by atoms with Crippen molar-refractivity contribution >= 4 is 11.5 Å². The molecule has 6 heteroatoms. The maximum atomic E-state index is 11.7. The minimum atomic E-state index is -0.849. The van der Waals surface area contributed by atoms with Crippen LogP contribution in [0.5, 0.6) is 5.75 Å². The predicted molar refractivity (Wildman–Crippen MR) is 60.4 cm³/mol. The van der Waals surface area contributed by atoms with Crippen molar-refractivity contribution in [2.24, 2.45) is 5.16 Å². The SMILES string of the molecule is CO/N=C(\C)CC(=O)c1c(O)cc(C)oc1=O. The van der Waals surface area contributed by atoms with Gasteiger partial charge in [-0.15, -0.1) is 0 Å². The minimum absolute atomic E-state index is 0.116. The first kappa shape index (κ1) is 13.0. The molecule has 0 bridgehead atoms. The molecule has 1 heterocycles. The molecule has 0 saturated heterocycles. The molecular weight excluding hydrogens is 226 g/mol. The summed E-state index contributed by atoms with van der Waals surface area (Å²) in [7, 11) is 1.35. The lowest BCUT2D eigenvalue weighted by Crippen LogP contribution is -2.16. The summed E-state index contributed by atoms with van der Waals surface area (Å²) in [6, 6.07) is 1.22. The monoisotopic (exact) mass is 239 g/mol. The van der Waals surface area contributed by atoms with Crippen LogP contribution in [0.15, 0.2) is 20.4 Å². The number of hydrogen-bond acceptors (Lipinski definition) is 6. The second-order valence-corrected chi connectivity index (χ2v) is 3.51. The molecule has 0 saturated carbocycles. The molecule has 0 radical (unpaired) electrons. The van der Waals surface area contributed by atoms with Crippen LogP contribution in [-0.2, 0) is 4.84 Å². The fraction of sp³-hybridized carbons (Fsp3) is 0.364. The Labute approximate surface area is 97.5 Å². The van der Waals surface area contributed by atoms with Crippen molar-refractivity contribution in [2.75, 3.05) is 7.11 Å². The number of carbonyl (C=O) groups is 1. The van der Waals surface area contributed by atoms with E-state index in [1.54, 1.807) is 6.92 Å². The van der Waals surface area contributed by atoms with E-state index in [1.807, 2.05) is 0 Å². The van der Waals surface area contributed by atoms with Gasteiger partial charge in [0.2, 0.25) is 0 Å². The van der Waals surface area contributed by atoms with Gasteiger partial charge in [0.1, 0.15) is 24.2 Å². The lowest BCUT2D eigenvalue weighted by molar-refractivity contribution is 0.0991. The lowest BCUT2D eigenvalue weighted by Gasteiger charge is -2.02. The zero-order chi connectivity index (χ0) is 13.0. The van der Waals surface area contributed by atoms with Gasteiger partial charge in [-0.3, -0.25) is 4.79 Å². The first-order chi connectivity index (χ1) is 7.95. The van der Waals surface area contributed by atoms with Crippen LogP contribution in [-0.4, -0.2) is 23.7 Å². The summed E-state index contributed by atoms with van der Waals surface area (Å²) in [4.78, 5) is 27.6. The summed E-state index contributed by atoms with van der Waals surface area (Å²) in [5, 5.41) is 13.1. The summed E-state index contributed by atoms with van der Waals surface area (Å²) in [6.45, 7) is 3.08. The summed E-state index contributed by atoms with van der Waals surface area (Å²) in [6.07, 6.45) is -0.116. The van der Waals surface area contributed by atoms with Gasteiger partial charge in [0.25, 0.3) is 0 Å². The Balaban J connectivity index is 3.06. The average Bonchev–Trinajstić information content (AvgIpc) is 2.15. The average molecular weight is 239 g/mol. The van der Waals surface area contributed by atoms with Crippen molar-refractivity contribution in [1.29, 1.82) is 0 Å². The number of aromatic hydroxyl groups is 1. The van der Waals surface area contributed by atoms with Crippen LogP contribution in [0.25, 0.3) is 0 Å². The molecule has 1 rings (SSSR count). The third kappa shape index (κ3) is 3.17. The molecule has 0 atom stereocenters. The van der Waals surface area contributed by atoms with E-state index in [0.29, 0.717) is 5.71 Å². The summed E-state index contributed by atoms with van der Waals surface area (Å²) in [5.41, 5.74) is -0.809. The number of nitrogens with zero attached hydrogens (tertiary/aromatic N) is 1. The Morgan fingerprint density at radius 1 is 1.59 bits per heavy atom. The zero-order valence-electron chi connectivity index (χ0n) is 9.81. The predicted octanol–water partition coefficient (Wildman–Crippen LogP) is 1.25. The highest BCUT2D eigenvalue weighted by Gasteiger charge is 2.18. The molecule has 0 fully saturated rings. The van der Waals surface area contributed by atoms with Gasteiger partial charge in [0.05, 0.1) is 12.1 Å². The van der Waals surface area contributed by atoms with Crippen LogP contribution in [0.2, 0.25) is 0 Å². The van der Waals surface area contributed by atoms with Gasteiger partial charge in [-0.2, -0.15) is 0 Å². The van der Waals surface area contributed by atoms with Gasteiger partial charge in [-0.1, -0.05) is 5.16 Å². The molecule has 17 heavy (non-hydrogen) atoms. The standard InChI is InChI=1S/C11H13NO5/c1-6(12-16-3)4-8(13)10-9(14)5-7(2)17-11(10)15/h5,14H,4H2,1-3H3/b12-6+. The van der Waals surface area contributed by atoms with Crippen LogP contribution in [0, 0.1) is 6.92 Å². The van der Waals surface area contributed by atoms with Gasteiger partial charge in [-0.25, -0.2) is 4.79 Å². The topological polar surface area (TPSA) is 89.1 Å². The largest absolute Gasteiger partial charge is 0.507 e. The maximum Gasteiger partial charge on any atom is 0.350 e. The summed E-state index contributed by atoms with van der Waals surface area (Å²) < 4.78 is 4.74. The van der Waals surface area contributed by atoms with E-state index in [2.05, 4.69) is 9.99 Å².